The molecule has 28 heavy (non-hydrogen) atoms. The standard InChI is InChI=1S/C17H18N6O3S2/c1-12(27-17-20-10-11-23(17)2)15(24)21-13-4-6-14(7-5-13)28(25,26)22-16-18-8-3-9-19-16/h3-12H,1-2H3,(H,21,24)(H,18,19,22)/t12-/m0/s1. The Hall–Kier alpha value is -2.92. The number of carbonyl (C=O) groups is 1. The van der Waals surface area contributed by atoms with Gasteiger partial charge in [-0.05, 0) is 37.3 Å². The van der Waals surface area contributed by atoms with Crippen LogP contribution < -0.4 is 10.0 Å². The second-order valence-electron chi connectivity index (χ2n) is 5.77. The summed E-state index contributed by atoms with van der Waals surface area (Å²) in [5.41, 5.74) is 0.493. The molecule has 2 aromatic heterocycles. The van der Waals surface area contributed by atoms with Crippen LogP contribution in [0.25, 0.3) is 0 Å². The quantitative estimate of drug-likeness (QED) is 0.564. The van der Waals surface area contributed by atoms with Crippen molar-refractivity contribution in [1.82, 2.24) is 19.5 Å². The first kappa shape index (κ1) is 19.8. The zero-order valence-electron chi connectivity index (χ0n) is 15.1. The van der Waals surface area contributed by atoms with E-state index in [1.165, 1.54) is 48.4 Å². The number of sulfonamides is 1. The summed E-state index contributed by atoms with van der Waals surface area (Å²) in [7, 11) is -1.96. The summed E-state index contributed by atoms with van der Waals surface area (Å²) in [5, 5.41) is 3.13. The SMILES string of the molecule is C[C@H](Sc1nccn1C)C(=O)Nc1ccc(S(=O)(=O)Nc2ncccn2)cc1. The molecule has 146 valence electrons. The molecule has 0 saturated carbocycles. The van der Waals surface area contributed by atoms with Crippen LogP contribution in [0.2, 0.25) is 0 Å². The van der Waals surface area contributed by atoms with Gasteiger partial charge in [0.05, 0.1) is 10.1 Å². The van der Waals surface area contributed by atoms with Gasteiger partial charge < -0.3 is 9.88 Å². The van der Waals surface area contributed by atoms with E-state index in [1.54, 1.807) is 25.4 Å². The largest absolute Gasteiger partial charge is 0.329 e. The van der Waals surface area contributed by atoms with Gasteiger partial charge in [-0.2, -0.15) is 0 Å². The fourth-order valence-corrected chi connectivity index (χ4v) is 3.96. The van der Waals surface area contributed by atoms with Gasteiger partial charge in [0, 0.05) is 37.5 Å². The van der Waals surface area contributed by atoms with E-state index in [-0.39, 0.29) is 22.0 Å². The van der Waals surface area contributed by atoms with Gasteiger partial charge in [0.25, 0.3) is 10.0 Å². The Balaban J connectivity index is 1.63. The average Bonchev–Trinajstić information content (AvgIpc) is 3.07. The number of aryl methyl sites for hydroxylation is 1. The van der Waals surface area contributed by atoms with Gasteiger partial charge in [-0.15, -0.1) is 0 Å². The van der Waals surface area contributed by atoms with Gasteiger partial charge in [0.15, 0.2) is 5.16 Å². The Kier molecular flexibility index (Phi) is 5.95. The molecule has 2 heterocycles. The number of anilines is 2. The number of nitrogens with one attached hydrogen (secondary N) is 2. The Morgan fingerprint density at radius 2 is 1.79 bits per heavy atom. The summed E-state index contributed by atoms with van der Waals surface area (Å²) in [6.07, 6.45) is 6.35. The number of rotatable bonds is 7. The number of amides is 1. The molecule has 1 atom stereocenters. The van der Waals surface area contributed by atoms with Crippen LogP contribution in [0.1, 0.15) is 6.92 Å². The lowest BCUT2D eigenvalue weighted by Crippen LogP contribution is -2.23. The molecule has 0 fully saturated rings. The van der Waals surface area contributed by atoms with Gasteiger partial charge >= 0.3 is 0 Å². The molecule has 0 saturated heterocycles. The maximum Gasteiger partial charge on any atom is 0.264 e. The number of thioether (sulfide) groups is 1. The van der Waals surface area contributed by atoms with Crippen molar-refractivity contribution in [3.8, 4) is 0 Å². The van der Waals surface area contributed by atoms with Gasteiger partial charge in [-0.1, -0.05) is 11.8 Å². The summed E-state index contributed by atoms with van der Waals surface area (Å²) in [6, 6.07) is 7.43. The van der Waals surface area contributed by atoms with E-state index in [0.717, 1.165) is 5.16 Å². The Morgan fingerprint density at radius 3 is 2.39 bits per heavy atom. The van der Waals surface area contributed by atoms with E-state index in [0.29, 0.717) is 5.69 Å². The van der Waals surface area contributed by atoms with Crippen molar-refractivity contribution in [3.05, 3.63) is 55.1 Å². The molecule has 1 amide bonds. The van der Waals surface area contributed by atoms with E-state index >= 15 is 0 Å². The van der Waals surface area contributed by atoms with Gasteiger partial charge in [-0.3, -0.25) is 4.79 Å². The van der Waals surface area contributed by atoms with Crippen LogP contribution in [0, 0.1) is 0 Å². The van der Waals surface area contributed by atoms with E-state index in [4.69, 9.17) is 0 Å². The van der Waals surface area contributed by atoms with Crippen LogP contribution in [0.3, 0.4) is 0 Å². The molecular weight excluding hydrogens is 400 g/mol. The zero-order valence-corrected chi connectivity index (χ0v) is 16.7. The highest BCUT2D eigenvalue weighted by atomic mass is 32.2. The minimum absolute atomic E-state index is 0.0139. The number of hydrogen-bond acceptors (Lipinski definition) is 7. The summed E-state index contributed by atoms with van der Waals surface area (Å²) in [4.78, 5) is 24.2. The smallest absolute Gasteiger partial charge is 0.264 e. The fourth-order valence-electron chi connectivity index (χ4n) is 2.17. The third-order valence-electron chi connectivity index (χ3n) is 3.65. The van der Waals surface area contributed by atoms with Crippen molar-refractivity contribution in [2.45, 2.75) is 22.2 Å². The lowest BCUT2D eigenvalue weighted by atomic mass is 10.3. The molecule has 0 aliphatic heterocycles. The topological polar surface area (TPSA) is 119 Å². The minimum Gasteiger partial charge on any atom is -0.329 e. The predicted molar refractivity (Wildman–Crippen MR) is 106 cm³/mol. The molecule has 0 bridgehead atoms. The monoisotopic (exact) mass is 418 g/mol. The molecule has 1 aromatic carbocycles. The van der Waals surface area contributed by atoms with E-state index < -0.39 is 10.0 Å². The maximum atomic E-state index is 12.4. The average molecular weight is 419 g/mol. The number of carbonyl (C=O) groups excluding carboxylic acids is 1. The third kappa shape index (κ3) is 4.87. The number of hydrogen-bond donors (Lipinski definition) is 2. The zero-order chi connectivity index (χ0) is 20.1. The summed E-state index contributed by atoms with van der Waals surface area (Å²) in [5.74, 6) is -0.223. The Labute approximate surface area is 166 Å². The lowest BCUT2D eigenvalue weighted by molar-refractivity contribution is -0.115. The second-order valence-corrected chi connectivity index (χ2v) is 8.76. The van der Waals surface area contributed by atoms with Crippen LogP contribution >= 0.6 is 11.8 Å². The summed E-state index contributed by atoms with van der Waals surface area (Å²) in [6.45, 7) is 1.78. The molecule has 0 aliphatic carbocycles. The second kappa shape index (κ2) is 8.40. The lowest BCUT2D eigenvalue weighted by Gasteiger charge is -2.12. The van der Waals surface area contributed by atoms with E-state index in [2.05, 4.69) is 25.0 Å². The van der Waals surface area contributed by atoms with Crippen molar-refractivity contribution >= 4 is 39.3 Å². The predicted octanol–water partition coefficient (Wildman–Crippen LogP) is 2.13. The van der Waals surface area contributed by atoms with Crippen molar-refractivity contribution in [2.75, 3.05) is 10.0 Å². The van der Waals surface area contributed by atoms with Crippen LogP contribution in [-0.2, 0) is 21.9 Å². The number of imidazole rings is 1. The number of benzene rings is 1. The first-order valence-corrected chi connectivity index (χ1v) is 10.6. The number of nitrogens with zero attached hydrogens (tertiary/aromatic N) is 4. The highest BCUT2D eigenvalue weighted by molar-refractivity contribution is 8.00. The normalized spacial score (nSPS) is 12.4. The van der Waals surface area contributed by atoms with Crippen molar-refractivity contribution in [1.29, 1.82) is 0 Å². The fraction of sp³-hybridized carbons (Fsp3) is 0.176. The van der Waals surface area contributed by atoms with Crippen molar-refractivity contribution in [3.63, 3.8) is 0 Å². The molecule has 0 spiro atoms. The van der Waals surface area contributed by atoms with Crippen molar-refractivity contribution in [2.24, 2.45) is 7.05 Å². The van der Waals surface area contributed by atoms with Crippen LogP contribution in [0.4, 0.5) is 11.6 Å². The molecule has 11 heteroatoms. The number of aromatic nitrogens is 4. The van der Waals surface area contributed by atoms with E-state index in [9.17, 15) is 13.2 Å². The summed E-state index contributed by atoms with van der Waals surface area (Å²) < 4.78 is 28.8. The van der Waals surface area contributed by atoms with Crippen LogP contribution in [0.5, 0.6) is 0 Å². The first-order chi connectivity index (χ1) is 13.3. The maximum absolute atomic E-state index is 12.4. The van der Waals surface area contributed by atoms with E-state index in [1.807, 2.05) is 11.6 Å². The Bertz CT molecular complexity index is 1050. The highest BCUT2D eigenvalue weighted by Gasteiger charge is 2.18. The van der Waals surface area contributed by atoms with Gasteiger partial charge in [-0.25, -0.2) is 28.1 Å². The third-order valence-corrected chi connectivity index (χ3v) is 6.17. The molecule has 9 nitrogen and oxygen atoms in total. The summed E-state index contributed by atoms with van der Waals surface area (Å²) >= 11 is 1.33. The molecule has 0 radical (unpaired) electrons. The molecule has 2 N–H and O–H groups in total. The van der Waals surface area contributed by atoms with Crippen LogP contribution in [0.15, 0.2) is 65.2 Å². The molecule has 3 aromatic rings. The van der Waals surface area contributed by atoms with Crippen LogP contribution in [-0.4, -0.2) is 39.1 Å². The molecular formula is C17H18N6O3S2. The van der Waals surface area contributed by atoms with Gasteiger partial charge in [0.2, 0.25) is 11.9 Å². The molecule has 0 unspecified atom stereocenters. The van der Waals surface area contributed by atoms with Gasteiger partial charge in [0.1, 0.15) is 0 Å². The highest BCUT2D eigenvalue weighted by Crippen LogP contribution is 2.22. The Morgan fingerprint density at radius 1 is 1.11 bits per heavy atom. The first-order valence-electron chi connectivity index (χ1n) is 8.20. The molecule has 3 rings (SSSR count). The minimum atomic E-state index is -3.82. The van der Waals surface area contributed by atoms with Crippen molar-refractivity contribution < 1.29 is 13.2 Å². The molecule has 0 aliphatic rings.